The third-order valence-electron chi connectivity index (χ3n) is 3.89. The van der Waals surface area contributed by atoms with Crippen molar-refractivity contribution in [1.29, 1.82) is 0 Å². The highest BCUT2D eigenvalue weighted by molar-refractivity contribution is 5.84. The van der Waals surface area contributed by atoms with E-state index in [1.807, 2.05) is 0 Å². The molecule has 0 bridgehead atoms. The summed E-state index contributed by atoms with van der Waals surface area (Å²) in [5, 5.41) is 13.2. The number of esters is 2. The number of nitrogens with one attached hydrogen (secondary N) is 2. The van der Waals surface area contributed by atoms with E-state index in [0.717, 1.165) is 0 Å². The number of carbonyl (C=O) groups excluding carboxylic acids is 5. The van der Waals surface area contributed by atoms with Gasteiger partial charge in [0.25, 0.3) is 0 Å². The maximum absolute atomic E-state index is 11.3. The second-order valence-electron chi connectivity index (χ2n) is 6.56. The number of carbonyl (C=O) groups is 6. The molecule has 2 amide bonds. The molecule has 0 aliphatic rings. The summed E-state index contributed by atoms with van der Waals surface area (Å²) < 4.78 is 8.70. The van der Waals surface area contributed by atoms with Gasteiger partial charge in [0.1, 0.15) is 18.9 Å². The molecule has 30 heavy (non-hydrogen) atoms. The lowest BCUT2D eigenvalue weighted by Crippen LogP contribution is -2.34. The Labute approximate surface area is 175 Å². The summed E-state index contributed by atoms with van der Waals surface area (Å²) in [5.74, 6) is -3.17. The summed E-state index contributed by atoms with van der Waals surface area (Å²) in [5.41, 5.74) is 0. The van der Waals surface area contributed by atoms with E-state index in [9.17, 15) is 28.8 Å². The van der Waals surface area contributed by atoms with E-state index in [2.05, 4.69) is 20.1 Å². The Hall–Kier alpha value is -2.98. The third kappa shape index (κ3) is 17.1. The monoisotopic (exact) mass is 432 g/mol. The highest BCUT2D eigenvalue weighted by Gasteiger charge is 2.15. The summed E-state index contributed by atoms with van der Waals surface area (Å²) in [6.07, 6.45) is 1.07. The van der Waals surface area contributed by atoms with Gasteiger partial charge in [-0.3, -0.25) is 24.0 Å². The first kappa shape index (κ1) is 29.2. The van der Waals surface area contributed by atoms with Crippen LogP contribution in [0.1, 0.15) is 46.5 Å². The van der Waals surface area contributed by atoms with Gasteiger partial charge in [-0.1, -0.05) is 13.8 Å². The van der Waals surface area contributed by atoms with E-state index in [1.54, 1.807) is 13.8 Å². The first-order valence-electron chi connectivity index (χ1n) is 9.34. The highest BCUT2D eigenvalue weighted by Crippen LogP contribution is 2.06. The molecule has 0 fully saturated rings. The number of hydrogen-bond donors (Lipinski definition) is 3. The number of carboxylic acids is 1. The maximum Gasteiger partial charge on any atom is 0.325 e. The normalized spacial score (nSPS) is 11.6. The Morgan fingerprint density at radius 2 is 1.13 bits per heavy atom. The molecule has 2 atom stereocenters. The first-order chi connectivity index (χ1) is 13.9. The zero-order valence-corrected chi connectivity index (χ0v) is 18.1. The van der Waals surface area contributed by atoms with E-state index >= 15 is 0 Å². The van der Waals surface area contributed by atoms with Crippen LogP contribution < -0.4 is 10.6 Å². The van der Waals surface area contributed by atoms with Crippen molar-refractivity contribution in [3.8, 4) is 0 Å². The van der Waals surface area contributed by atoms with Crippen molar-refractivity contribution in [2.75, 3.05) is 27.3 Å². The molecule has 0 heterocycles. The second kappa shape index (κ2) is 16.9. The molecule has 0 rings (SSSR count). The van der Waals surface area contributed by atoms with E-state index in [1.165, 1.54) is 21.1 Å². The number of methoxy groups -OCH3 is 2. The van der Waals surface area contributed by atoms with Gasteiger partial charge in [0, 0.05) is 24.7 Å². The maximum atomic E-state index is 11.3. The zero-order valence-electron chi connectivity index (χ0n) is 18.1. The van der Waals surface area contributed by atoms with Gasteiger partial charge in [0.05, 0.1) is 14.2 Å². The molecule has 0 aromatic heterocycles. The molecular weight excluding hydrogens is 400 g/mol. The second-order valence-corrected chi connectivity index (χ2v) is 6.56. The largest absolute Gasteiger partial charge is 0.481 e. The van der Waals surface area contributed by atoms with Crippen LogP contribution in [-0.4, -0.2) is 67.9 Å². The van der Waals surface area contributed by atoms with Crippen molar-refractivity contribution in [3.63, 3.8) is 0 Å². The predicted octanol–water partition coefficient (Wildman–Crippen LogP) is 0.0574. The molecule has 11 heteroatoms. The fourth-order valence-electron chi connectivity index (χ4n) is 1.83. The molecule has 0 aromatic rings. The van der Waals surface area contributed by atoms with Crippen LogP contribution in [0.25, 0.3) is 0 Å². The Bertz CT molecular complexity index is 553. The number of aliphatic carboxylic acids is 1. The Balaban J connectivity index is 0. The van der Waals surface area contributed by atoms with Crippen LogP contribution in [0.2, 0.25) is 0 Å². The minimum Gasteiger partial charge on any atom is -0.481 e. The first-order valence-corrected chi connectivity index (χ1v) is 9.34. The molecule has 0 saturated carbocycles. The quantitative estimate of drug-likeness (QED) is 0.361. The van der Waals surface area contributed by atoms with Gasteiger partial charge in [-0.25, -0.2) is 0 Å². The average Bonchev–Trinajstić information content (AvgIpc) is 2.71. The van der Waals surface area contributed by atoms with Gasteiger partial charge in [-0.2, -0.15) is 0 Å². The lowest BCUT2D eigenvalue weighted by atomic mass is 10.0. The summed E-state index contributed by atoms with van der Waals surface area (Å²) in [4.78, 5) is 64.9. The Morgan fingerprint density at radius 1 is 0.767 bits per heavy atom. The number of rotatable bonds is 12. The number of ether oxygens (including phenoxy) is 2. The third-order valence-corrected chi connectivity index (χ3v) is 3.89. The number of carboxylic acid groups (broad SMARTS) is 1. The van der Waals surface area contributed by atoms with E-state index in [-0.39, 0.29) is 49.4 Å². The van der Waals surface area contributed by atoms with E-state index in [4.69, 9.17) is 5.11 Å². The molecule has 0 aliphatic carbocycles. The van der Waals surface area contributed by atoms with Crippen molar-refractivity contribution in [2.45, 2.75) is 46.5 Å². The predicted molar refractivity (Wildman–Crippen MR) is 105 cm³/mol. The SMILES string of the molecule is COC(=O)CNC(=O)[C@@H](C)CCC(=O)O.COC(=O)CNC(=O)[C@@H](C)CCC(C)=O. The molecule has 0 aromatic carbocycles. The minimum atomic E-state index is -0.942. The molecule has 0 saturated heterocycles. The molecule has 0 aliphatic heterocycles. The van der Waals surface area contributed by atoms with Crippen molar-refractivity contribution in [2.24, 2.45) is 11.8 Å². The van der Waals surface area contributed by atoms with Gasteiger partial charge >= 0.3 is 17.9 Å². The topological polar surface area (TPSA) is 165 Å². The highest BCUT2D eigenvalue weighted by atomic mass is 16.5. The summed E-state index contributed by atoms with van der Waals surface area (Å²) in [6, 6.07) is 0. The van der Waals surface area contributed by atoms with Gasteiger partial charge in [-0.15, -0.1) is 0 Å². The lowest BCUT2D eigenvalue weighted by Gasteiger charge is -2.10. The number of amides is 2. The van der Waals surface area contributed by atoms with Crippen LogP contribution in [0.3, 0.4) is 0 Å². The summed E-state index contributed by atoms with van der Waals surface area (Å²) in [7, 11) is 2.48. The minimum absolute atomic E-state index is 0.0580. The Kier molecular flexibility index (Phi) is 16.5. The van der Waals surface area contributed by atoms with Gasteiger partial charge in [-0.05, 0) is 19.8 Å². The molecule has 3 N–H and O–H groups in total. The molecule has 172 valence electrons. The van der Waals surface area contributed by atoms with Crippen LogP contribution in [0.15, 0.2) is 0 Å². The smallest absolute Gasteiger partial charge is 0.325 e. The van der Waals surface area contributed by atoms with Crippen LogP contribution in [0, 0.1) is 11.8 Å². The zero-order chi connectivity index (χ0) is 23.7. The Morgan fingerprint density at radius 3 is 1.43 bits per heavy atom. The van der Waals surface area contributed by atoms with Gasteiger partial charge in [0.15, 0.2) is 0 Å². The molecular formula is C19H32N2O9. The van der Waals surface area contributed by atoms with Crippen molar-refractivity contribution >= 4 is 35.5 Å². The van der Waals surface area contributed by atoms with Crippen LogP contribution in [0.5, 0.6) is 0 Å². The van der Waals surface area contributed by atoms with E-state index < -0.39 is 23.8 Å². The van der Waals surface area contributed by atoms with Gasteiger partial charge in [0.2, 0.25) is 11.8 Å². The van der Waals surface area contributed by atoms with Crippen LogP contribution in [-0.2, 0) is 38.2 Å². The molecule has 0 radical (unpaired) electrons. The van der Waals surface area contributed by atoms with Crippen molar-refractivity contribution in [3.05, 3.63) is 0 Å². The van der Waals surface area contributed by atoms with Crippen molar-refractivity contribution < 1.29 is 43.3 Å². The van der Waals surface area contributed by atoms with Crippen LogP contribution in [0.4, 0.5) is 0 Å². The van der Waals surface area contributed by atoms with E-state index in [0.29, 0.717) is 12.8 Å². The fourth-order valence-corrected chi connectivity index (χ4v) is 1.83. The van der Waals surface area contributed by atoms with Gasteiger partial charge < -0.3 is 30.0 Å². The standard InChI is InChI=1S/C10H17NO4.C9H15NO5/c1-7(4-5-8(2)12)10(14)11-6-9(13)15-3;1-6(3-4-7(11)12)9(14)10-5-8(13)15-2/h7H,4-6H2,1-3H3,(H,11,14);6H,3-5H2,1-2H3,(H,10,14)(H,11,12)/t7-;6-/m00/s1. The fraction of sp³-hybridized carbons (Fsp3) is 0.684. The molecule has 11 nitrogen and oxygen atoms in total. The average molecular weight is 432 g/mol. The molecule has 0 spiro atoms. The molecule has 0 unspecified atom stereocenters. The summed E-state index contributed by atoms with van der Waals surface area (Å²) >= 11 is 0. The lowest BCUT2D eigenvalue weighted by molar-refractivity contribution is -0.142. The number of hydrogen-bond acceptors (Lipinski definition) is 8. The number of Topliss-reactive ketones (excluding diaryl/α,β-unsaturated/α-hetero) is 1. The summed E-state index contributed by atoms with van der Waals surface area (Å²) in [6.45, 7) is 4.50. The van der Waals surface area contributed by atoms with Crippen LogP contribution >= 0.6 is 0 Å². The van der Waals surface area contributed by atoms with Crippen molar-refractivity contribution in [1.82, 2.24) is 10.6 Å². The number of ketones is 1.